The van der Waals surface area contributed by atoms with Crippen molar-refractivity contribution in [3.8, 4) is 6.07 Å². The third kappa shape index (κ3) is 4.54. The minimum Gasteiger partial charge on any atom is -0.354 e. The second-order valence-corrected chi connectivity index (χ2v) is 5.80. The summed E-state index contributed by atoms with van der Waals surface area (Å²) in [5.41, 5.74) is 3.09. The Labute approximate surface area is 151 Å². The van der Waals surface area contributed by atoms with Gasteiger partial charge in [0.2, 0.25) is 5.95 Å². The number of halogens is 1. The van der Waals surface area contributed by atoms with Gasteiger partial charge in [0.25, 0.3) is 0 Å². The fraction of sp³-hybridized carbons (Fsp3) is 0.150. The first-order chi connectivity index (χ1) is 12.6. The largest absolute Gasteiger partial charge is 0.354 e. The predicted molar refractivity (Wildman–Crippen MR) is 99.8 cm³/mol. The van der Waals surface area contributed by atoms with Gasteiger partial charge in [0.15, 0.2) is 0 Å². The predicted octanol–water partition coefficient (Wildman–Crippen LogP) is 4.19. The molecule has 2 N–H and O–H groups in total. The number of aromatic nitrogens is 2. The number of hydrogen-bond donors (Lipinski definition) is 2. The number of hydrogen-bond acceptors (Lipinski definition) is 5. The van der Waals surface area contributed by atoms with E-state index in [0.717, 1.165) is 17.7 Å². The molecular formula is C20H18FN5. The monoisotopic (exact) mass is 347 g/mol. The van der Waals surface area contributed by atoms with Crippen molar-refractivity contribution >= 4 is 17.5 Å². The molecule has 0 aliphatic heterocycles. The summed E-state index contributed by atoms with van der Waals surface area (Å²) in [7, 11) is 0. The molecule has 0 amide bonds. The molecule has 6 heteroatoms. The van der Waals surface area contributed by atoms with Gasteiger partial charge in [-0.15, -0.1) is 0 Å². The van der Waals surface area contributed by atoms with E-state index in [0.29, 0.717) is 29.6 Å². The number of nitrogens with one attached hydrogen (secondary N) is 2. The molecule has 2 aromatic carbocycles. The number of benzene rings is 2. The fourth-order valence-corrected chi connectivity index (χ4v) is 2.51. The lowest BCUT2D eigenvalue weighted by Crippen LogP contribution is -2.09. The van der Waals surface area contributed by atoms with Gasteiger partial charge >= 0.3 is 0 Å². The average Bonchev–Trinajstić information content (AvgIpc) is 2.63. The summed E-state index contributed by atoms with van der Waals surface area (Å²) in [5, 5.41) is 15.5. The molecule has 0 unspecified atom stereocenters. The maximum absolute atomic E-state index is 12.9. The second-order valence-electron chi connectivity index (χ2n) is 5.80. The van der Waals surface area contributed by atoms with Crippen LogP contribution in [-0.4, -0.2) is 16.5 Å². The highest BCUT2D eigenvalue weighted by Gasteiger charge is 2.06. The van der Waals surface area contributed by atoms with Crippen LogP contribution in [-0.2, 0) is 6.42 Å². The van der Waals surface area contributed by atoms with Crippen LogP contribution in [0.1, 0.15) is 16.8 Å². The van der Waals surface area contributed by atoms with Gasteiger partial charge in [-0.25, -0.2) is 9.37 Å². The third-order valence-electron chi connectivity index (χ3n) is 3.77. The lowest BCUT2D eigenvalue weighted by molar-refractivity contribution is 0.627. The standard InChI is InChI=1S/C20H18FN5/c1-14-12-19(25-18-5-3-2-4-16(18)13-22)26-20(24-14)23-11-10-15-6-8-17(21)9-7-15/h2-9,12H,10-11H2,1H3,(H2,23,24,25,26). The maximum atomic E-state index is 12.9. The average molecular weight is 347 g/mol. The molecule has 26 heavy (non-hydrogen) atoms. The molecule has 0 saturated carbocycles. The smallest absolute Gasteiger partial charge is 0.224 e. The molecule has 0 atom stereocenters. The first kappa shape index (κ1) is 17.4. The summed E-state index contributed by atoms with van der Waals surface area (Å²) in [5.74, 6) is 0.880. The SMILES string of the molecule is Cc1cc(Nc2ccccc2C#N)nc(NCCc2ccc(F)cc2)n1. The molecule has 0 spiro atoms. The van der Waals surface area contributed by atoms with E-state index < -0.39 is 0 Å². The minimum absolute atomic E-state index is 0.239. The summed E-state index contributed by atoms with van der Waals surface area (Å²) in [6, 6.07) is 17.7. The first-order valence-electron chi connectivity index (χ1n) is 8.24. The van der Waals surface area contributed by atoms with Gasteiger partial charge in [-0.2, -0.15) is 10.2 Å². The Kier molecular flexibility index (Phi) is 5.40. The zero-order valence-electron chi connectivity index (χ0n) is 14.3. The zero-order chi connectivity index (χ0) is 18.4. The van der Waals surface area contributed by atoms with E-state index in [1.807, 2.05) is 31.2 Å². The molecule has 3 aromatic rings. The Balaban J connectivity index is 1.67. The lowest BCUT2D eigenvalue weighted by atomic mass is 10.1. The van der Waals surface area contributed by atoms with Crippen molar-refractivity contribution in [1.29, 1.82) is 5.26 Å². The Morgan fingerprint density at radius 2 is 1.85 bits per heavy atom. The molecule has 0 aliphatic rings. The summed E-state index contributed by atoms with van der Waals surface area (Å²) < 4.78 is 12.9. The molecule has 5 nitrogen and oxygen atoms in total. The normalized spacial score (nSPS) is 10.2. The van der Waals surface area contributed by atoms with Crippen LogP contribution in [0, 0.1) is 24.1 Å². The molecule has 0 bridgehead atoms. The highest BCUT2D eigenvalue weighted by atomic mass is 19.1. The highest BCUT2D eigenvalue weighted by Crippen LogP contribution is 2.20. The third-order valence-corrected chi connectivity index (χ3v) is 3.77. The van der Waals surface area contributed by atoms with E-state index in [-0.39, 0.29) is 5.82 Å². The van der Waals surface area contributed by atoms with Gasteiger partial charge in [-0.05, 0) is 43.2 Å². The van der Waals surface area contributed by atoms with E-state index in [4.69, 9.17) is 0 Å². The highest BCUT2D eigenvalue weighted by molar-refractivity contribution is 5.65. The molecule has 1 aromatic heterocycles. The van der Waals surface area contributed by atoms with Crippen LogP contribution >= 0.6 is 0 Å². The summed E-state index contributed by atoms with van der Waals surface area (Å²) >= 11 is 0. The maximum Gasteiger partial charge on any atom is 0.224 e. The number of nitrogens with zero attached hydrogens (tertiary/aromatic N) is 3. The molecule has 0 saturated heterocycles. The molecule has 0 radical (unpaired) electrons. The van der Waals surface area contributed by atoms with Crippen molar-refractivity contribution in [1.82, 2.24) is 9.97 Å². The van der Waals surface area contributed by atoms with Gasteiger partial charge in [0.1, 0.15) is 17.7 Å². The van der Waals surface area contributed by atoms with Gasteiger partial charge < -0.3 is 10.6 Å². The quantitative estimate of drug-likeness (QED) is 0.699. The van der Waals surface area contributed by atoms with Crippen molar-refractivity contribution in [3.63, 3.8) is 0 Å². The molecular weight excluding hydrogens is 329 g/mol. The summed E-state index contributed by atoms with van der Waals surface area (Å²) in [4.78, 5) is 8.82. The molecule has 3 rings (SSSR count). The number of aryl methyl sites for hydroxylation is 1. The van der Waals surface area contributed by atoms with Gasteiger partial charge in [0, 0.05) is 18.3 Å². The van der Waals surface area contributed by atoms with Crippen LogP contribution in [0.25, 0.3) is 0 Å². The van der Waals surface area contributed by atoms with E-state index in [1.165, 1.54) is 12.1 Å². The first-order valence-corrected chi connectivity index (χ1v) is 8.24. The Hall–Kier alpha value is -3.46. The number of anilines is 3. The van der Waals surface area contributed by atoms with Crippen molar-refractivity contribution in [2.75, 3.05) is 17.2 Å². The van der Waals surface area contributed by atoms with Gasteiger partial charge in [-0.1, -0.05) is 24.3 Å². The number of para-hydroxylation sites is 1. The molecule has 0 fully saturated rings. The van der Waals surface area contributed by atoms with Crippen LogP contribution < -0.4 is 10.6 Å². The van der Waals surface area contributed by atoms with E-state index >= 15 is 0 Å². The van der Waals surface area contributed by atoms with Crippen molar-refractivity contribution in [3.05, 3.63) is 77.2 Å². The van der Waals surface area contributed by atoms with Crippen molar-refractivity contribution in [2.45, 2.75) is 13.3 Å². The van der Waals surface area contributed by atoms with E-state index in [2.05, 4.69) is 26.7 Å². The minimum atomic E-state index is -0.239. The Morgan fingerprint density at radius 3 is 2.62 bits per heavy atom. The molecule has 130 valence electrons. The zero-order valence-corrected chi connectivity index (χ0v) is 14.3. The van der Waals surface area contributed by atoms with Crippen molar-refractivity contribution in [2.24, 2.45) is 0 Å². The second kappa shape index (κ2) is 8.08. The van der Waals surface area contributed by atoms with Crippen molar-refractivity contribution < 1.29 is 4.39 Å². The van der Waals surface area contributed by atoms with Crippen LogP contribution in [0.5, 0.6) is 0 Å². The Bertz CT molecular complexity index is 932. The summed E-state index contributed by atoms with van der Waals surface area (Å²) in [6.45, 7) is 2.51. The summed E-state index contributed by atoms with van der Waals surface area (Å²) in [6.07, 6.45) is 0.734. The van der Waals surface area contributed by atoms with Crippen LogP contribution in [0.2, 0.25) is 0 Å². The molecule has 1 heterocycles. The van der Waals surface area contributed by atoms with Gasteiger partial charge in [-0.3, -0.25) is 0 Å². The Morgan fingerprint density at radius 1 is 1.08 bits per heavy atom. The van der Waals surface area contributed by atoms with Gasteiger partial charge in [0.05, 0.1) is 11.3 Å². The topological polar surface area (TPSA) is 73.6 Å². The van der Waals surface area contributed by atoms with E-state index in [1.54, 1.807) is 18.2 Å². The fourth-order valence-electron chi connectivity index (χ4n) is 2.51. The van der Waals surface area contributed by atoms with Crippen LogP contribution in [0.15, 0.2) is 54.6 Å². The molecule has 0 aliphatic carbocycles. The van der Waals surface area contributed by atoms with Crippen LogP contribution in [0.4, 0.5) is 21.8 Å². The lowest BCUT2D eigenvalue weighted by Gasteiger charge is -2.11. The number of rotatable bonds is 6. The van der Waals surface area contributed by atoms with E-state index in [9.17, 15) is 9.65 Å². The number of nitriles is 1. The van der Waals surface area contributed by atoms with Crippen LogP contribution in [0.3, 0.4) is 0 Å².